The zero-order valence-electron chi connectivity index (χ0n) is 11.2. The van der Waals surface area contributed by atoms with Crippen LogP contribution in [-0.2, 0) is 14.3 Å². The van der Waals surface area contributed by atoms with E-state index >= 15 is 0 Å². The van der Waals surface area contributed by atoms with E-state index in [1.807, 2.05) is 0 Å². The van der Waals surface area contributed by atoms with Gasteiger partial charge in [0.1, 0.15) is 0 Å². The number of ether oxygens (including phenoxy) is 1. The highest BCUT2D eigenvalue weighted by Gasteiger charge is 2.54. The van der Waals surface area contributed by atoms with Crippen LogP contribution in [0.1, 0.15) is 33.6 Å². The molecule has 2 fully saturated rings. The number of carboxylic acids is 1. The third-order valence-electron chi connectivity index (χ3n) is 4.30. The first-order chi connectivity index (χ1) is 8.37. The summed E-state index contributed by atoms with van der Waals surface area (Å²) >= 11 is 0. The van der Waals surface area contributed by atoms with Crippen LogP contribution in [0.2, 0.25) is 0 Å². The van der Waals surface area contributed by atoms with Crippen molar-refractivity contribution in [2.24, 2.45) is 11.3 Å². The molecule has 0 radical (unpaired) electrons. The lowest BCUT2D eigenvalue weighted by atomic mass is 10.0. The number of carbonyl (C=O) groups is 2. The van der Waals surface area contributed by atoms with Crippen LogP contribution in [0, 0.1) is 11.3 Å². The summed E-state index contributed by atoms with van der Waals surface area (Å²) in [4.78, 5) is 25.0. The molecule has 1 aliphatic carbocycles. The number of carbonyl (C=O) groups excluding carboxylic acids is 1. The van der Waals surface area contributed by atoms with Gasteiger partial charge in [0.15, 0.2) is 6.10 Å². The highest BCUT2D eigenvalue weighted by atomic mass is 16.5. The van der Waals surface area contributed by atoms with E-state index in [1.165, 1.54) is 0 Å². The molecule has 0 aromatic rings. The van der Waals surface area contributed by atoms with Crippen LogP contribution >= 0.6 is 0 Å². The van der Waals surface area contributed by atoms with Crippen LogP contribution in [0.3, 0.4) is 0 Å². The number of carboxylic acid groups (broad SMARTS) is 1. The Morgan fingerprint density at radius 1 is 1.44 bits per heavy atom. The number of rotatable bonds is 3. The van der Waals surface area contributed by atoms with Crippen LogP contribution in [-0.4, -0.2) is 47.2 Å². The van der Waals surface area contributed by atoms with E-state index < -0.39 is 12.1 Å². The molecule has 102 valence electrons. The van der Waals surface area contributed by atoms with Crippen molar-refractivity contribution in [2.45, 2.75) is 45.8 Å². The first-order valence-corrected chi connectivity index (χ1v) is 6.54. The van der Waals surface area contributed by atoms with Crippen LogP contribution < -0.4 is 0 Å². The first-order valence-electron chi connectivity index (χ1n) is 6.54. The van der Waals surface area contributed by atoms with Crippen molar-refractivity contribution in [2.75, 3.05) is 13.1 Å². The predicted molar refractivity (Wildman–Crippen MR) is 65.1 cm³/mol. The molecule has 0 aromatic heterocycles. The van der Waals surface area contributed by atoms with E-state index in [1.54, 1.807) is 11.8 Å². The Morgan fingerprint density at radius 2 is 2.11 bits per heavy atom. The minimum absolute atomic E-state index is 0.0715. The fraction of sp³-hybridized carbons (Fsp3) is 0.846. The Labute approximate surface area is 107 Å². The molecule has 4 atom stereocenters. The van der Waals surface area contributed by atoms with Gasteiger partial charge in [0, 0.05) is 12.5 Å². The second kappa shape index (κ2) is 4.53. The van der Waals surface area contributed by atoms with Gasteiger partial charge in [-0.05, 0) is 25.2 Å². The molecule has 1 N–H and O–H groups in total. The molecule has 1 aliphatic heterocycles. The fourth-order valence-electron chi connectivity index (χ4n) is 2.67. The molecule has 1 amide bonds. The van der Waals surface area contributed by atoms with Gasteiger partial charge in [-0.3, -0.25) is 4.79 Å². The molecule has 0 spiro atoms. The molecule has 2 rings (SSSR count). The van der Waals surface area contributed by atoms with Crippen LogP contribution in [0.5, 0.6) is 0 Å². The molecular weight excluding hydrogens is 234 g/mol. The first kappa shape index (κ1) is 13.3. The molecule has 18 heavy (non-hydrogen) atoms. The third-order valence-corrected chi connectivity index (χ3v) is 4.30. The zero-order chi connectivity index (χ0) is 13.5. The van der Waals surface area contributed by atoms with Crippen molar-refractivity contribution in [3.8, 4) is 0 Å². The average Bonchev–Trinajstić information content (AvgIpc) is 3.00. The second-order valence-electron chi connectivity index (χ2n) is 5.78. The summed E-state index contributed by atoms with van der Waals surface area (Å²) in [5.74, 6) is -0.823. The number of amides is 1. The maximum absolute atomic E-state index is 12.3. The molecule has 5 nitrogen and oxygen atoms in total. The van der Waals surface area contributed by atoms with Gasteiger partial charge in [0.25, 0.3) is 0 Å². The number of hydrogen-bond acceptors (Lipinski definition) is 3. The lowest BCUT2D eigenvalue weighted by Crippen LogP contribution is -2.52. The van der Waals surface area contributed by atoms with Gasteiger partial charge in [0.05, 0.1) is 12.6 Å². The predicted octanol–water partition coefficient (Wildman–Crippen LogP) is 1.12. The Kier molecular flexibility index (Phi) is 3.36. The van der Waals surface area contributed by atoms with E-state index in [-0.39, 0.29) is 29.9 Å². The number of hydrogen-bond donors (Lipinski definition) is 1. The Balaban J connectivity index is 2.00. The largest absolute Gasteiger partial charge is 0.479 e. The average molecular weight is 255 g/mol. The maximum Gasteiger partial charge on any atom is 0.334 e. The van der Waals surface area contributed by atoms with Crippen molar-refractivity contribution in [3.63, 3.8) is 0 Å². The molecule has 0 bridgehead atoms. The molecule has 2 aliphatic rings. The maximum atomic E-state index is 12.3. The summed E-state index contributed by atoms with van der Waals surface area (Å²) in [6, 6.07) is 0. The smallest absolute Gasteiger partial charge is 0.334 e. The summed E-state index contributed by atoms with van der Waals surface area (Å²) in [6.07, 6.45) is 0.817. The number of morpholine rings is 1. The lowest BCUT2D eigenvalue weighted by Gasteiger charge is -2.35. The molecule has 1 saturated heterocycles. The quantitative estimate of drug-likeness (QED) is 0.820. The van der Waals surface area contributed by atoms with Gasteiger partial charge in [-0.25, -0.2) is 4.79 Å². The molecule has 1 heterocycles. The normalized spacial score (nSPS) is 39.5. The molecule has 0 aromatic carbocycles. The Bertz CT molecular complexity index is 370. The zero-order valence-corrected chi connectivity index (χ0v) is 11.2. The highest BCUT2D eigenvalue weighted by Crippen LogP contribution is 2.55. The summed E-state index contributed by atoms with van der Waals surface area (Å²) in [5.41, 5.74) is 0.122. The molecule has 3 unspecified atom stereocenters. The van der Waals surface area contributed by atoms with Gasteiger partial charge in [0.2, 0.25) is 5.91 Å². The summed E-state index contributed by atoms with van der Waals surface area (Å²) in [7, 11) is 0. The molecule has 1 saturated carbocycles. The lowest BCUT2D eigenvalue weighted by molar-refractivity contribution is -0.167. The van der Waals surface area contributed by atoms with Gasteiger partial charge in [-0.2, -0.15) is 0 Å². The van der Waals surface area contributed by atoms with Gasteiger partial charge < -0.3 is 14.7 Å². The van der Waals surface area contributed by atoms with Crippen molar-refractivity contribution in [1.29, 1.82) is 0 Å². The number of aliphatic carboxylic acids is 1. The SMILES string of the molecule is CCC1(C)CC1C(=O)N1CC(C(=O)O)O[C@H](C)C1. The van der Waals surface area contributed by atoms with Crippen molar-refractivity contribution >= 4 is 11.9 Å². The van der Waals surface area contributed by atoms with E-state index in [0.717, 1.165) is 12.8 Å². The topological polar surface area (TPSA) is 66.8 Å². The summed E-state index contributed by atoms with van der Waals surface area (Å²) in [6.45, 7) is 6.69. The number of nitrogens with zero attached hydrogens (tertiary/aromatic N) is 1. The Morgan fingerprint density at radius 3 is 2.61 bits per heavy atom. The van der Waals surface area contributed by atoms with Gasteiger partial charge >= 0.3 is 5.97 Å². The standard InChI is InChI=1S/C13H21NO4/c1-4-13(3)5-9(13)11(15)14-6-8(2)18-10(7-14)12(16)17/h8-10H,4-7H2,1-3H3,(H,16,17)/t8-,9?,10?,13?/m1/s1. The highest BCUT2D eigenvalue weighted by molar-refractivity contribution is 5.83. The Hall–Kier alpha value is -1.10. The molecule has 5 heteroatoms. The second-order valence-corrected chi connectivity index (χ2v) is 5.78. The van der Waals surface area contributed by atoms with Crippen molar-refractivity contribution in [1.82, 2.24) is 4.90 Å². The van der Waals surface area contributed by atoms with Crippen LogP contribution in [0.4, 0.5) is 0 Å². The van der Waals surface area contributed by atoms with Crippen molar-refractivity contribution < 1.29 is 19.4 Å². The third kappa shape index (κ3) is 2.36. The minimum Gasteiger partial charge on any atom is -0.479 e. The van der Waals surface area contributed by atoms with E-state index in [9.17, 15) is 9.59 Å². The minimum atomic E-state index is -0.992. The monoisotopic (exact) mass is 255 g/mol. The summed E-state index contributed by atoms with van der Waals surface area (Å²) < 4.78 is 5.31. The van der Waals surface area contributed by atoms with E-state index in [2.05, 4.69) is 13.8 Å². The fourth-order valence-corrected chi connectivity index (χ4v) is 2.67. The van der Waals surface area contributed by atoms with Crippen molar-refractivity contribution in [3.05, 3.63) is 0 Å². The summed E-state index contributed by atoms with van der Waals surface area (Å²) in [5, 5.41) is 9.00. The van der Waals surface area contributed by atoms with E-state index in [0.29, 0.717) is 6.54 Å². The van der Waals surface area contributed by atoms with Crippen LogP contribution in [0.15, 0.2) is 0 Å². The van der Waals surface area contributed by atoms with Crippen LogP contribution in [0.25, 0.3) is 0 Å². The van der Waals surface area contributed by atoms with Gasteiger partial charge in [-0.15, -0.1) is 0 Å². The van der Waals surface area contributed by atoms with E-state index in [4.69, 9.17) is 9.84 Å². The molecular formula is C13H21NO4. The van der Waals surface area contributed by atoms with Gasteiger partial charge in [-0.1, -0.05) is 13.8 Å².